The minimum absolute atomic E-state index is 0.233. The molecule has 0 spiro atoms. The van der Waals surface area contributed by atoms with E-state index in [1.165, 1.54) is 6.20 Å². The number of nitrogens with one attached hydrogen (secondary N) is 2. The van der Waals surface area contributed by atoms with Crippen molar-refractivity contribution in [2.45, 2.75) is 25.3 Å². The largest absolute Gasteiger partial charge is 0.396 e. The Morgan fingerprint density at radius 3 is 3.12 bits per heavy atom. The molecule has 1 atom stereocenters. The van der Waals surface area contributed by atoms with Crippen molar-refractivity contribution in [2.75, 3.05) is 18.9 Å². The zero-order chi connectivity index (χ0) is 11.6. The summed E-state index contributed by atoms with van der Waals surface area (Å²) in [6.45, 7) is 3.26. The Hall–Kier alpha value is -1.56. The lowest BCUT2D eigenvalue weighted by Crippen LogP contribution is -2.51. The van der Waals surface area contributed by atoms with Gasteiger partial charge in [0, 0.05) is 6.61 Å². The monoisotopic (exact) mass is 224 g/mol. The van der Waals surface area contributed by atoms with Gasteiger partial charge >= 0.3 is 0 Å². The molecule has 6 heteroatoms. The summed E-state index contributed by atoms with van der Waals surface area (Å²) in [5.74, 6) is -0.233. The van der Waals surface area contributed by atoms with Crippen LogP contribution in [0.3, 0.4) is 0 Å². The van der Waals surface area contributed by atoms with E-state index in [0.29, 0.717) is 18.0 Å². The van der Waals surface area contributed by atoms with E-state index in [-0.39, 0.29) is 11.4 Å². The van der Waals surface area contributed by atoms with Crippen molar-refractivity contribution >= 4 is 11.6 Å². The van der Waals surface area contributed by atoms with E-state index >= 15 is 0 Å². The number of aromatic nitrogens is 2. The van der Waals surface area contributed by atoms with Crippen molar-refractivity contribution in [3.05, 3.63) is 11.9 Å². The van der Waals surface area contributed by atoms with Crippen LogP contribution in [0.25, 0.3) is 0 Å². The molecule has 1 unspecified atom stereocenters. The SMILES string of the molecule is CC1(NC(=O)c2[nH]ncc2N)CCCOC1. The summed E-state index contributed by atoms with van der Waals surface area (Å²) < 4.78 is 5.36. The number of nitrogens with zero attached hydrogens (tertiary/aromatic N) is 1. The van der Waals surface area contributed by atoms with E-state index in [1.54, 1.807) is 0 Å². The lowest BCUT2D eigenvalue weighted by atomic mass is 9.95. The van der Waals surface area contributed by atoms with Crippen LogP contribution in [0.1, 0.15) is 30.3 Å². The maximum atomic E-state index is 11.9. The van der Waals surface area contributed by atoms with Crippen LogP contribution in [0.4, 0.5) is 5.69 Å². The molecule has 1 fully saturated rings. The molecule has 0 bridgehead atoms. The van der Waals surface area contributed by atoms with Gasteiger partial charge in [0.05, 0.1) is 24.0 Å². The van der Waals surface area contributed by atoms with Crippen LogP contribution >= 0.6 is 0 Å². The maximum Gasteiger partial charge on any atom is 0.271 e. The summed E-state index contributed by atoms with van der Waals surface area (Å²) in [5, 5.41) is 9.22. The van der Waals surface area contributed by atoms with E-state index in [1.807, 2.05) is 6.92 Å². The molecule has 1 saturated heterocycles. The standard InChI is InChI=1S/C10H16N4O2/c1-10(3-2-4-16-6-10)13-9(15)8-7(11)5-12-14-8/h5H,2-4,6,11H2,1H3,(H,12,14)(H,13,15). The molecule has 88 valence electrons. The molecular formula is C10H16N4O2. The number of carbonyl (C=O) groups is 1. The molecule has 4 N–H and O–H groups in total. The van der Waals surface area contributed by atoms with E-state index in [0.717, 1.165) is 19.4 Å². The maximum absolute atomic E-state index is 11.9. The predicted molar refractivity (Wildman–Crippen MR) is 58.9 cm³/mol. The molecule has 1 aromatic heterocycles. The number of nitrogens with two attached hydrogens (primary N) is 1. The second-order valence-corrected chi connectivity index (χ2v) is 4.37. The van der Waals surface area contributed by atoms with Gasteiger partial charge in [-0.3, -0.25) is 9.89 Å². The van der Waals surface area contributed by atoms with Crippen molar-refractivity contribution in [3.8, 4) is 0 Å². The Bertz CT molecular complexity index is 382. The van der Waals surface area contributed by atoms with Crippen LogP contribution in [0.5, 0.6) is 0 Å². The average Bonchev–Trinajstić information content (AvgIpc) is 2.65. The zero-order valence-corrected chi connectivity index (χ0v) is 9.25. The molecule has 0 aliphatic carbocycles. The van der Waals surface area contributed by atoms with Crippen LogP contribution in [0.15, 0.2) is 6.20 Å². The van der Waals surface area contributed by atoms with Gasteiger partial charge in [-0.05, 0) is 19.8 Å². The molecule has 2 rings (SSSR count). The van der Waals surface area contributed by atoms with Gasteiger partial charge in [0.15, 0.2) is 0 Å². The smallest absolute Gasteiger partial charge is 0.271 e. The molecule has 0 aromatic carbocycles. The van der Waals surface area contributed by atoms with E-state index in [9.17, 15) is 4.79 Å². The van der Waals surface area contributed by atoms with E-state index in [2.05, 4.69) is 15.5 Å². The number of carbonyl (C=O) groups excluding carboxylic acids is 1. The van der Waals surface area contributed by atoms with E-state index in [4.69, 9.17) is 10.5 Å². The molecular weight excluding hydrogens is 208 g/mol. The third-order valence-corrected chi connectivity index (χ3v) is 2.75. The number of rotatable bonds is 2. The Morgan fingerprint density at radius 1 is 1.75 bits per heavy atom. The van der Waals surface area contributed by atoms with Gasteiger partial charge in [-0.25, -0.2) is 0 Å². The highest BCUT2D eigenvalue weighted by Crippen LogP contribution is 2.19. The average molecular weight is 224 g/mol. The number of H-pyrrole nitrogens is 1. The lowest BCUT2D eigenvalue weighted by Gasteiger charge is -2.34. The Kier molecular flexibility index (Phi) is 2.82. The quantitative estimate of drug-likeness (QED) is 0.673. The van der Waals surface area contributed by atoms with Crippen molar-refractivity contribution in [1.82, 2.24) is 15.5 Å². The van der Waals surface area contributed by atoms with Crippen LogP contribution in [0, 0.1) is 0 Å². The normalized spacial score (nSPS) is 25.3. The fourth-order valence-corrected chi connectivity index (χ4v) is 1.85. The van der Waals surface area contributed by atoms with Gasteiger partial charge in [0.1, 0.15) is 5.69 Å². The van der Waals surface area contributed by atoms with Gasteiger partial charge in [-0.1, -0.05) is 0 Å². The van der Waals surface area contributed by atoms with Crippen LogP contribution in [-0.2, 0) is 4.74 Å². The van der Waals surface area contributed by atoms with Crippen LogP contribution < -0.4 is 11.1 Å². The van der Waals surface area contributed by atoms with Gasteiger partial charge in [0.2, 0.25) is 0 Å². The van der Waals surface area contributed by atoms with Crippen molar-refractivity contribution < 1.29 is 9.53 Å². The molecule has 16 heavy (non-hydrogen) atoms. The van der Waals surface area contributed by atoms with Crippen LogP contribution in [0.2, 0.25) is 0 Å². The molecule has 1 aliphatic heterocycles. The number of anilines is 1. The summed E-state index contributed by atoms with van der Waals surface area (Å²) in [4.78, 5) is 11.9. The fraction of sp³-hybridized carbons (Fsp3) is 0.600. The first kappa shape index (κ1) is 10.9. The number of hydrogen-bond donors (Lipinski definition) is 3. The summed E-state index contributed by atoms with van der Waals surface area (Å²) in [5.41, 5.74) is 5.96. The van der Waals surface area contributed by atoms with E-state index < -0.39 is 0 Å². The molecule has 1 aliphatic rings. The summed E-state index contributed by atoms with van der Waals surface area (Å²) in [7, 11) is 0. The summed E-state index contributed by atoms with van der Waals surface area (Å²) >= 11 is 0. The minimum Gasteiger partial charge on any atom is -0.396 e. The first-order valence-corrected chi connectivity index (χ1v) is 5.30. The zero-order valence-electron chi connectivity index (χ0n) is 9.25. The topological polar surface area (TPSA) is 93.0 Å². The Balaban J connectivity index is 2.04. The van der Waals surface area contributed by atoms with Gasteiger partial charge in [-0.2, -0.15) is 5.10 Å². The Labute approximate surface area is 93.5 Å². The number of nitrogen functional groups attached to an aromatic ring is 1. The predicted octanol–water partition coefficient (Wildman–Crippen LogP) is 0.291. The molecule has 6 nitrogen and oxygen atoms in total. The highest BCUT2D eigenvalue weighted by atomic mass is 16.5. The summed E-state index contributed by atoms with van der Waals surface area (Å²) in [6, 6.07) is 0. The third-order valence-electron chi connectivity index (χ3n) is 2.75. The minimum atomic E-state index is -0.313. The summed E-state index contributed by atoms with van der Waals surface area (Å²) in [6.07, 6.45) is 3.29. The first-order valence-electron chi connectivity index (χ1n) is 5.30. The second-order valence-electron chi connectivity index (χ2n) is 4.37. The molecule has 0 radical (unpaired) electrons. The molecule has 0 saturated carbocycles. The number of aromatic amines is 1. The first-order chi connectivity index (χ1) is 7.61. The number of ether oxygens (including phenoxy) is 1. The Morgan fingerprint density at radius 2 is 2.56 bits per heavy atom. The van der Waals surface area contributed by atoms with Gasteiger partial charge in [-0.15, -0.1) is 0 Å². The van der Waals surface area contributed by atoms with Crippen molar-refractivity contribution in [1.29, 1.82) is 0 Å². The van der Waals surface area contributed by atoms with Gasteiger partial charge in [0.25, 0.3) is 5.91 Å². The van der Waals surface area contributed by atoms with Crippen molar-refractivity contribution in [3.63, 3.8) is 0 Å². The molecule has 1 aromatic rings. The fourth-order valence-electron chi connectivity index (χ4n) is 1.85. The molecule has 1 amide bonds. The lowest BCUT2D eigenvalue weighted by molar-refractivity contribution is 0.0271. The highest BCUT2D eigenvalue weighted by molar-refractivity contribution is 5.97. The number of hydrogen-bond acceptors (Lipinski definition) is 4. The highest BCUT2D eigenvalue weighted by Gasteiger charge is 2.30. The molecule has 2 heterocycles. The second kappa shape index (κ2) is 4.13. The third kappa shape index (κ3) is 2.16. The number of amides is 1. The van der Waals surface area contributed by atoms with Crippen molar-refractivity contribution in [2.24, 2.45) is 0 Å². The van der Waals surface area contributed by atoms with Gasteiger partial charge < -0.3 is 15.8 Å². The van der Waals surface area contributed by atoms with Crippen LogP contribution in [-0.4, -0.2) is 34.9 Å².